The molecular formula is C12H25NO. The molecular weight excluding hydrogens is 174 g/mol. The third kappa shape index (κ3) is 4.97. The van der Waals surface area contributed by atoms with Gasteiger partial charge in [-0.2, -0.15) is 0 Å². The fourth-order valence-electron chi connectivity index (χ4n) is 2.11. The highest BCUT2D eigenvalue weighted by molar-refractivity contribution is 4.64. The molecule has 1 atom stereocenters. The van der Waals surface area contributed by atoms with Crippen LogP contribution in [-0.4, -0.2) is 36.2 Å². The minimum Gasteiger partial charge on any atom is -0.396 e. The van der Waals surface area contributed by atoms with Gasteiger partial charge in [-0.3, -0.25) is 0 Å². The van der Waals surface area contributed by atoms with Crippen molar-refractivity contribution in [3.63, 3.8) is 0 Å². The van der Waals surface area contributed by atoms with E-state index in [0.717, 1.165) is 0 Å². The normalized spacial score (nSPS) is 21.9. The van der Waals surface area contributed by atoms with Crippen molar-refractivity contribution in [2.75, 3.05) is 26.2 Å². The van der Waals surface area contributed by atoms with Crippen molar-refractivity contribution < 1.29 is 5.11 Å². The van der Waals surface area contributed by atoms with Gasteiger partial charge in [-0.1, -0.05) is 19.8 Å². The molecule has 2 heteroatoms. The molecule has 0 saturated carbocycles. The van der Waals surface area contributed by atoms with Crippen molar-refractivity contribution in [3.05, 3.63) is 0 Å². The van der Waals surface area contributed by atoms with Gasteiger partial charge in [0.15, 0.2) is 0 Å². The largest absolute Gasteiger partial charge is 0.396 e. The van der Waals surface area contributed by atoms with Gasteiger partial charge in [0.2, 0.25) is 0 Å². The van der Waals surface area contributed by atoms with Gasteiger partial charge in [0, 0.05) is 6.61 Å². The van der Waals surface area contributed by atoms with Crippen molar-refractivity contribution in [2.45, 2.75) is 45.4 Å². The van der Waals surface area contributed by atoms with Gasteiger partial charge in [-0.15, -0.1) is 0 Å². The molecule has 1 aliphatic rings. The van der Waals surface area contributed by atoms with Crippen molar-refractivity contribution in [3.8, 4) is 0 Å². The molecule has 1 saturated heterocycles. The van der Waals surface area contributed by atoms with Crippen LogP contribution in [0.4, 0.5) is 0 Å². The molecule has 0 aromatic carbocycles. The summed E-state index contributed by atoms with van der Waals surface area (Å²) < 4.78 is 0. The number of hydrogen-bond acceptors (Lipinski definition) is 2. The smallest absolute Gasteiger partial charge is 0.0456 e. The Kier molecular flexibility index (Phi) is 6.20. The van der Waals surface area contributed by atoms with E-state index in [-0.39, 0.29) is 0 Å². The van der Waals surface area contributed by atoms with Gasteiger partial charge in [-0.05, 0) is 51.2 Å². The Bertz CT molecular complexity index is 130. The Morgan fingerprint density at radius 2 is 1.79 bits per heavy atom. The first-order chi connectivity index (χ1) is 6.83. The summed E-state index contributed by atoms with van der Waals surface area (Å²) in [6.45, 7) is 6.31. The Morgan fingerprint density at radius 1 is 1.14 bits per heavy atom. The molecule has 0 radical (unpaired) electrons. The average Bonchev–Trinajstić information content (AvgIpc) is 2.46. The molecule has 0 amide bonds. The zero-order valence-corrected chi connectivity index (χ0v) is 9.54. The van der Waals surface area contributed by atoms with Crippen molar-refractivity contribution in [1.29, 1.82) is 0 Å². The molecule has 0 bridgehead atoms. The fourth-order valence-corrected chi connectivity index (χ4v) is 2.11. The highest BCUT2D eigenvalue weighted by Gasteiger charge is 2.08. The van der Waals surface area contributed by atoms with Crippen molar-refractivity contribution in [2.24, 2.45) is 5.92 Å². The third-order valence-electron chi connectivity index (χ3n) is 3.18. The summed E-state index contributed by atoms with van der Waals surface area (Å²) in [6.07, 6.45) is 8.03. The minimum atomic E-state index is 0.347. The van der Waals surface area contributed by atoms with E-state index in [2.05, 4.69) is 11.8 Å². The topological polar surface area (TPSA) is 23.5 Å². The molecule has 2 nitrogen and oxygen atoms in total. The van der Waals surface area contributed by atoms with E-state index in [1.807, 2.05) is 0 Å². The van der Waals surface area contributed by atoms with Gasteiger partial charge < -0.3 is 10.0 Å². The minimum absolute atomic E-state index is 0.347. The molecule has 1 fully saturated rings. The van der Waals surface area contributed by atoms with Crippen LogP contribution in [0.2, 0.25) is 0 Å². The van der Waals surface area contributed by atoms with E-state index in [1.165, 1.54) is 58.2 Å². The van der Waals surface area contributed by atoms with Gasteiger partial charge >= 0.3 is 0 Å². The predicted octanol–water partition coefficient (Wildman–Crippen LogP) is 2.27. The van der Waals surface area contributed by atoms with Crippen LogP contribution in [-0.2, 0) is 0 Å². The van der Waals surface area contributed by atoms with Gasteiger partial charge in [0.1, 0.15) is 0 Å². The number of rotatable bonds is 5. The van der Waals surface area contributed by atoms with Crippen LogP contribution in [0.25, 0.3) is 0 Å². The summed E-state index contributed by atoms with van der Waals surface area (Å²) in [7, 11) is 0. The molecule has 0 aromatic rings. The molecule has 84 valence electrons. The van der Waals surface area contributed by atoms with Crippen LogP contribution >= 0.6 is 0 Å². The molecule has 1 rings (SSSR count). The van der Waals surface area contributed by atoms with E-state index in [0.29, 0.717) is 12.5 Å². The highest BCUT2D eigenvalue weighted by atomic mass is 16.3. The molecule has 0 aliphatic carbocycles. The summed E-state index contributed by atoms with van der Waals surface area (Å²) in [5.74, 6) is 0.488. The van der Waals surface area contributed by atoms with Crippen LogP contribution in [0.3, 0.4) is 0 Å². The summed E-state index contributed by atoms with van der Waals surface area (Å²) in [5, 5.41) is 8.90. The number of aliphatic hydroxyl groups excluding tert-OH is 1. The maximum absolute atomic E-state index is 8.90. The quantitative estimate of drug-likeness (QED) is 0.734. The van der Waals surface area contributed by atoms with Crippen LogP contribution < -0.4 is 0 Å². The standard InChI is InChI=1S/C12H25NO/c1-12(11-14)7-6-10-13-8-4-2-3-5-9-13/h12,14H,2-11H2,1H3. The van der Waals surface area contributed by atoms with E-state index < -0.39 is 0 Å². The first-order valence-corrected chi connectivity index (χ1v) is 6.16. The first kappa shape index (κ1) is 12.0. The molecule has 1 unspecified atom stereocenters. The summed E-state index contributed by atoms with van der Waals surface area (Å²) >= 11 is 0. The Labute approximate surface area is 88.3 Å². The lowest BCUT2D eigenvalue weighted by atomic mass is 10.1. The number of aliphatic hydroxyl groups is 1. The van der Waals surface area contributed by atoms with Crippen LogP contribution in [0, 0.1) is 5.92 Å². The van der Waals surface area contributed by atoms with Gasteiger partial charge in [0.05, 0.1) is 0 Å². The van der Waals surface area contributed by atoms with E-state index in [9.17, 15) is 0 Å². The fraction of sp³-hybridized carbons (Fsp3) is 1.00. The van der Waals surface area contributed by atoms with Gasteiger partial charge in [-0.25, -0.2) is 0 Å². The van der Waals surface area contributed by atoms with Gasteiger partial charge in [0.25, 0.3) is 0 Å². The predicted molar refractivity (Wildman–Crippen MR) is 60.4 cm³/mol. The molecule has 0 spiro atoms. The number of likely N-dealkylation sites (tertiary alicyclic amines) is 1. The SMILES string of the molecule is CC(CO)CCCN1CCCCCC1. The Balaban J connectivity index is 2.04. The van der Waals surface area contributed by atoms with E-state index in [1.54, 1.807) is 0 Å². The summed E-state index contributed by atoms with van der Waals surface area (Å²) in [4.78, 5) is 2.59. The monoisotopic (exact) mass is 199 g/mol. The number of hydrogen-bond donors (Lipinski definition) is 1. The van der Waals surface area contributed by atoms with Crippen molar-refractivity contribution >= 4 is 0 Å². The maximum atomic E-state index is 8.90. The number of nitrogens with zero attached hydrogens (tertiary/aromatic N) is 1. The van der Waals surface area contributed by atoms with Crippen LogP contribution in [0.1, 0.15) is 45.4 Å². The average molecular weight is 199 g/mol. The zero-order chi connectivity index (χ0) is 10.2. The third-order valence-corrected chi connectivity index (χ3v) is 3.18. The second-order valence-corrected chi connectivity index (χ2v) is 4.69. The maximum Gasteiger partial charge on any atom is 0.0456 e. The molecule has 0 aromatic heterocycles. The summed E-state index contributed by atoms with van der Waals surface area (Å²) in [5.41, 5.74) is 0. The molecule has 14 heavy (non-hydrogen) atoms. The lowest BCUT2D eigenvalue weighted by Crippen LogP contribution is -2.26. The van der Waals surface area contributed by atoms with E-state index >= 15 is 0 Å². The second-order valence-electron chi connectivity index (χ2n) is 4.69. The summed E-state index contributed by atoms with van der Waals surface area (Å²) in [6, 6.07) is 0. The lowest BCUT2D eigenvalue weighted by molar-refractivity contribution is 0.215. The molecule has 1 heterocycles. The highest BCUT2D eigenvalue weighted by Crippen LogP contribution is 2.11. The first-order valence-electron chi connectivity index (χ1n) is 6.16. The Morgan fingerprint density at radius 3 is 2.36 bits per heavy atom. The molecule has 1 aliphatic heterocycles. The van der Waals surface area contributed by atoms with Crippen LogP contribution in [0.15, 0.2) is 0 Å². The Hall–Kier alpha value is -0.0800. The van der Waals surface area contributed by atoms with Crippen molar-refractivity contribution in [1.82, 2.24) is 4.90 Å². The van der Waals surface area contributed by atoms with Crippen LogP contribution in [0.5, 0.6) is 0 Å². The van der Waals surface area contributed by atoms with E-state index in [4.69, 9.17) is 5.11 Å². The zero-order valence-electron chi connectivity index (χ0n) is 9.54. The second kappa shape index (κ2) is 7.24. The molecule has 1 N–H and O–H groups in total. The lowest BCUT2D eigenvalue weighted by Gasteiger charge is -2.20.